The van der Waals surface area contributed by atoms with Crippen molar-refractivity contribution in [1.29, 1.82) is 0 Å². The van der Waals surface area contributed by atoms with Crippen LogP contribution in [0.25, 0.3) is 0 Å². The van der Waals surface area contributed by atoms with Crippen molar-refractivity contribution in [2.45, 2.75) is 71.6 Å². The maximum absolute atomic E-state index is 6.01. The van der Waals surface area contributed by atoms with Crippen molar-refractivity contribution >= 4 is 0 Å². The van der Waals surface area contributed by atoms with Crippen LogP contribution in [0.2, 0.25) is 0 Å². The van der Waals surface area contributed by atoms with E-state index in [1.54, 1.807) is 0 Å². The summed E-state index contributed by atoms with van der Waals surface area (Å²) >= 11 is 0. The van der Waals surface area contributed by atoms with Crippen molar-refractivity contribution in [3.05, 3.63) is 0 Å². The Bertz CT molecular complexity index is 233. The SMILES string of the molecule is COC1CCN(C(CC(C)C)CC(C)C)C(CN)C1. The average molecular weight is 270 g/mol. The molecule has 0 aromatic heterocycles. The maximum atomic E-state index is 6.01. The molecule has 1 fully saturated rings. The number of methoxy groups -OCH3 is 1. The molecule has 3 heteroatoms. The van der Waals surface area contributed by atoms with Gasteiger partial charge < -0.3 is 10.5 Å². The topological polar surface area (TPSA) is 38.5 Å². The van der Waals surface area contributed by atoms with Crippen LogP contribution in [-0.2, 0) is 4.74 Å². The van der Waals surface area contributed by atoms with Crippen molar-refractivity contribution in [2.24, 2.45) is 17.6 Å². The minimum Gasteiger partial charge on any atom is -0.381 e. The van der Waals surface area contributed by atoms with E-state index in [1.165, 1.54) is 12.8 Å². The van der Waals surface area contributed by atoms with Crippen LogP contribution in [0.3, 0.4) is 0 Å². The van der Waals surface area contributed by atoms with E-state index in [1.807, 2.05) is 7.11 Å². The molecule has 0 aromatic carbocycles. The smallest absolute Gasteiger partial charge is 0.0599 e. The second-order valence-electron chi connectivity index (χ2n) is 6.92. The summed E-state index contributed by atoms with van der Waals surface area (Å²) in [5.41, 5.74) is 6.01. The zero-order valence-corrected chi connectivity index (χ0v) is 13.6. The number of hydrogen-bond donors (Lipinski definition) is 1. The summed E-state index contributed by atoms with van der Waals surface area (Å²) in [6.45, 7) is 11.2. The van der Waals surface area contributed by atoms with Crippen LogP contribution >= 0.6 is 0 Å². The van der Waals surface area contributed by atoms with Crippen LogP contribution in [0.1, 0.15) is 53.4 Å². The predicted molar refractivity (Wildman–Crippen MR) is 82.3 cm³/mol. The van der Waals surface area contributed by atoms with Gasteiger partial charge in [-0.2, -0.15) is 0 Å². The Balaban J connectivity index is 2.69. The monoisotopic (exact) mass is 270 g/mol. The van der Waals surface area contributed by atoms with Crippen molar-refractivity contribution in [1.82, 2.24) is 4.90 Å². The lowest BCUT2D eigenvalue weighted by Gasteiger charge is -2.44. The molecule has 0 aliphatic carbocycles. The van der Waals surface area contributed by atoms with Crippen LogP contribution in [0.5, 0.6) is 0 Å². The summed E-state index contributed by atoms with van der Waals surface area (Å²) < 4.78 is 5.53. The van der Waals surface area contributed by atoms with Crippen LogP contribution in [0.15, 0.2) is 0 Å². The zero-order chi connectivity index (χ0) is 14.4. The third-order valence-electron chi connectivity index (χ3n) is 4.27. The molecule has 0 radical (unpaired) electrons. The number of piperidine rings is 1. The maximum Gasteiger partial charge on any atom is 0.0599 e. The van der Waals surface area contributed by atoms with Crippen molar-refractivity contribution in [3.63, 3.8) is 0 Å². The van der Waals surface area contributed by atoms with Crippen LogP contribution in [0.4, 0.5) is 0 Å². The average Bonchev–Trinajstić information content (AvgIpc) is 2.36. The van der Waals surface area contributed by atoms with Crippen LogP contribution in [-0.4, -0.2) is 43.3 Å². The third-order valence-corrected chi connectivity index (χ3v) is 4.27. The van der Waals surface area contributed by atoms with Gasteiger partial charge in [-0.15, -0.1) is 0 Å². The number of hydrogen-bond acceptors (Lipinski definition) is 3. The van der Waals surface area contributed by atoms with E-state index in [0.29, 0.717) is 18.2 Å². The first kappa shape index (κ1) is 16.9. The Morgan fingerprint density at radius 2 is 1.74 bits per heavy atom. The van der Waals surface area contributed by atoms with Crippen molar-refractivity contribution in [2.75, 3.05) is 20.2 Å². The van der Waals surface area contributed by atoms with E-state index in [2.05, 4.69) is 32.6 Å². The highest BCUT2D eigenvalue weighted by Crippen LogP contribution is 2.27. The fourth-order valence-corrected chi connectivity index (χ4v) is 3.41. The molecule has 1 aliphatic heterocycles. The molecule has 0 amide bonds. The summed E-state index contributed by atoms with van der Waals surface area (Å²) in [4.78, 5) is 2.68. The molecular formula is C16H34N2O. The standard InChI is InChI=1S/C16H34N2O/c1-12(2)8-14(9-13(3)4)18-7-6-16(19-5)10-15(18)11-17/h12-16H,6-11,17H2,1-5H3. The third kappa shape index (κ3) is 5.41. The van der Waals surface area contributed by atoms with Gasteiger partial charge in [-0.1, -0.05) is 27.7 Å². The summed E-state index contributed by atoms with van der Waals surface area (Å²) in [6.07, 6.45) is 5.22. The second-order valence-corrected chi connectivity index (χ2v) is 6.92. The molecular weight excluding hydrogens is 236 g/mol. The Kier molecular flexibility index (Phi) is 7.33. The molecule has 1 heterocycles. The van der Waals surface area contributed by atoms with Gasteiger partial charge in [0.25, 0.3) is 0 Å². The summed E-state index contributed by atoms with van der Waals surface area (Å²) in [5, 5.41) is 0. The van der Waals surface area contributed by atoms with Crippen LogP contribution < -0.4 is 5.73 Å². The predicted octanol–water partition coefficient (Wildman–Crippen LogP) is 2.89. The number of rotatable bonds is 7. The number of nitrogens with zero attached hydrogens (tertiary/aromatic N) is 1. The number of ether oxygens (including phenoxy) is 1. The normalized spacial score (nSPS) is 25.7. The molecule has 2 N–H and O–H groups in total. The highest BCUT2D eigenvalue weighted by molar-refractivity contribution is 4.88. The minimum absolute atomic E-state index is 0.406. The molecule has 1 aliphatic rings. The Morgan fingerprint density at radius 1 is 1.16 bits per heavy atom. The van der Waals surface area contributed by atoms with Crippen molar-refractivity contribution < 1.29 is 4.74 Å². The van der Waals surface area contributed by atoms with Gasteiger partial charge in [0.15, 0.2) is 0 Å². The van der Waals surface area contributed by atoms with Gasteiger partial charge in [0.1, 0.15) is 0 Å². The molecule has 0 aromatic rings. The first-order valence-corrected chi connectivity index (χ1v) is 7.96. The van der Waals surface area contributed by atoms with E-state index < -0.39 is 0 Å². The van der Waals surface area contributed by atoms with Gasteiger partial charge in [0.2, 0.25) is 0 Å². The molecule has 2 unspecified atom stereocenters. The van der Waals surface area contributed by atoms with Crippen molar-refractivity contribution in [3.8, 4) is 0 Å². The summed E-state index contributed by atoms with van der Waals surface area (Å²) in [6, 6.07) is 1.19. The highest BCUT2D eigenvalue weighted by atomic mass is 16.5. The van der Waals surface area contributed by atoms with Gasteiger partial charge in [-0.3, -0.25) is 4.90 Å². The minimum atomic E-state index is 0.406. The molecule has 3 nitrogen and oxygen atoms in total. The van der Waals surface area contributed by atoms with Crippen LogP contribution in [0, 0.1) is 11.8 Å². The van der Waals surface area contributed by atoms with Gasteiger partial charge in [-0.05, 0) is 37.5 Å². The van der Waals surface area contributed by atoms with Gasteiger partial charge in [0.05, 0.1) is 6.10 Å². The Hall–Kier alpha value is -0.120. The summed E-state index contributed by atoms with van der Waals surface area (Å²) in [7, 11) is 1.83. The molecule has 19 heavy (non-hydrogen) atoms. The van der Waals surface area contributed by atoms with Gasteiger partial charge >= 0.3 is 0 Å². The van der Waals surface area contributed by atoms with E-state index in [0.717, 1.165) is 37.8 Å². The lowest BCUT2D eigenvalue weighted by atomic mass is 9.89. The number of likely N-dealkylation sites (tertiary alicyclic amines) is 1. The van der Waals surface area contributed by atoms with E-state index in [9.17, 15) is 0 Å². The molecule has 0 spiro atoms. The lowest BCUT2D eigenvalue weighted by molar-refractivity contribution is -0.0116. The Labute approximate surface area is 119 Å². The quantitative estimate of drug-likeness (QED) is 0.773. The van der Waals surface area contributed by atoms with E-state index in [4.69, 9.17) is 10.5 Å². The molecule has 0 bridgehead atoms. The van der Waals surface area contributed by atoms with E-state index in [-0.39, 0.29) is 0 Å². The molecule has 2 atom stereocenters. The highest BCUT2D eigenvalue weighted by Gasteiger charge is 2.32. The second kappa shape index (κ2) is 8.23. The summed E-state index contributed by atoms with van der Waals surface area (Å²) in [5.74, 6) is 1.50. The largest absolute Gasteiger partial charge is 0.381 e. The molecule has 1 rings (SSSR count). The Morgan fingerprint density at radius 3 is 2.16 bits per heavy atom. The fraction of sp³-hybridized carbons (Fsp3) is 1.00. The molecule has 0 saturated carbocycles. The van der Waals surface area contributed by atoms with Gasteiger partial charge in [-0.25, -0.2) is 0 Å². The first-order valence-electron chi connectivity index (χ1n) is 7.96. The lowest BCUT2D eigenvalue weighted by Crippen LogP contribution is -2.53. The molecule has 1 saturated heterocycles. The number of nitrogens with two attached hydrogens (primary N) is 1. The first-order chi connectivity index (χ1) is 8.97. The molecule has 114 valence electrons. The van der Waals surface area contributed by atoms with Gasteiger partial charge in [0, 0.05) is 32.3 Å². The zero-order valence-electron chi connectivity index (χ0n) is 13.6. The fourth-order valence-electron chi connectivity index (χ4n) is 3.41. The van der Waals surface area contributed by atoms with E-state index >= 15 is 0 Å².